The monoisotopic (exact) mass is 468 g/mol. The van der Waals surface area contributed by atoms with Crippen molar-refractivity contribution in [3.63, 3.8) is 0 Å². The van der Waals surface area contributed by atoms with Gasteiger partial charge in [0.15, 0.2) is 5.96 Å². The van der Waals surface area contributed by atoms with Gasteiger partial charge in [-0.3, -0.25) is 4.99 Å². The van der Waals surface area contributed by atoms with Crippen LogP contribution in [0.2, 0.25) is 0 Å². The lowest BCUT2D eigenvalue weighted by molar-refractivity contribution is 0.461. The van der Waals surface area contributed by atoms with Gasteiger partial charge in [0.25, 0.3) is 0 Å². The fourth-order valence-corrected chi connectivity index (χ4v) is 2.83. The Hall–Kier alpha value is -0.870. The molecule has 24 heavy (non-hydrogen) atoms. The minimum Gasteiger partial charge on any atom is -0.356 e. The van der Waals surface area contributed by atoms with E-state index in [1.807, 2.05) is 0 Å². The molecule has 0 atom stereocenters. The predicted molar refractivity (Wildman–Crippen MR) is 112 cm³/mol. The van der Waals surface area contributed by atoms with Gasteiger partial charge >= 0.3 is 0 Å². The molecule has 6 nitrogen and oxygen atoms in total. The molecule has 8 heteroatoms. The summed E-state index contributed by atoms with van der Waals surface area (Å²) < 4.78 is 24.7. The van der Waals surface area contributed by atoms with E-state index in [9.17, 15) is 8.42 Å². The van der Waals surface area contributed by atoms with Gasteiger partial charge in [0.1, 0.15) is 0 Å². The van der Waals surface area contributed by atoms with Gasteiger partial charge in [0.05, 0.1) is 5.75 Å². The topological polar surface area (TPSA) is 73.8 Å². The molecule has 0 aliphatic rings. The molecule has 0 bridgehead atoms. The van der Waals surface area contributed by atoms with E-state index in [2.05, 4.69) is 46.8 Å². The molecule has 0 spiro atoms. The summed E-state index contributed by atoms with van der Waals surface area (Å²) in [6.07, 6.45) is 0.723. The largest absolute Gasteiger partial charge is 0.356 e. The summed E-state index contributed by atoms with van der Waals surface area (Å²) in [5.41, 5.74) is 2.43. The number of aliphatic imine (C=N–C) groups is 1. The molecule has 0 unspecified atom stereocenters. The summed E-state index contributed by atoms with van der Waals surface area (Å²) in [5.74, 6) is 0.850. The molecule has 1 rings (SSSR count). The maximum Gasteiger partial charge on any atom is 0.213 e. The molecular formula is C16H29IN4O2S. The van der Waals surface area contributed by atoms with Crippen LogP contribution in [-0.2, 0) is 16.6 Å². The molecular weight excluding hydrogens is 439 g/mol. The molecule has 0 heterocycles. The van der Waals surface area contributed by atoms with Crippen LogP contribution in [0, 0.1) is 6.92 Å². The standard InChI is InChI=1S/C16H28N4O2S.HI/c1-5-23(21,22)20(4)12-6-11-18-16(17-3)19-13-15-9-7-14(2)8-10-15;/h7-10H,5-6,11-13H2,1-4H3,(H2,17,18,19);1H. The van der Waals surface area contributed by atoms with Crippen molar-refractivity contribution >= 4 is 40.0 Å². The minimum atomic E-state index is -3.09. The normalized spacial score (nSPS) is 12.0. The molecule has 0 saturated heterocycles. The molecule has 2 N–H and O–H groups in total. The zero-order chi connectivity index (χ0) is 17.3. The Balaban J connectivity index is 0.00000529. The van der Waals surface area contributed by atoms with Gasteiger partial charge in [0, 0.05) is 33.7 Å². The smallest absolute Gasteiger partial charge is 0.213 e. The highest BCUT2D eigenvalue weighted by atomic mass is 127. The van der Waals surface area contributed by atoms with Crippen molar-refractivity contribution in [3.05, 3.63) is 35.4 Å². The molecule has 0 saturated carbocycles. The van der Waals surface area contributed by atoms with E-state index in [-0.39, 0.29) is 29.7 Å². The lowest BCUT2D eigenvalue weighted by Crippen LogP contribution is -2.38. The number of nitrogens with one attached hydrogen (secondary N) is 2. The van der Waals surface area contributed by atoms with E-state index in [0.29, 0.717) is 25.6 Å². The Bertz CT molecular complexity index is 603. The zero-order valence-electron chi connectivity index (χ0n) is 14.9. The number of benzene rings is 1. The lowest BCUT2D eigenvalue weighted by atomic mass is 10.1. The molecule has 138 valence electrons. The van der Waals surface area contributed by atoms with Crippen LogP contribution in [0.1, 0.15) is 24.5 Å². The first-order valence-electron chi connectivity index (χ1n) is 7.83. The second-order valence-electron chi connectivity index (χ2n) is 5.41. The van der Waals surface area contributed by atoms with Crippen molar-refractivity contribution in [2.24, 2.45) is 4.99 Å². The van der Waals surface area contributed by atoms with E-state index in [1.165, 1.54) is 15.4 Å². The molecule has 0 aliphatic carbocycles. The SMILES string of the molecule is CCS(=O)(=O)N(C)CCCNC(=NC)NCc1ccc(C)cc1.I. The van der Waals surface area contributed by atoms with E-state index >= 15 is 0 Å². The maximum atomic E-state index is 11.6. The lowest BCUT2D eigenvalue weighted by Gasteiger charge is -2.17. The first kappa shape index (κ1) is 23.1. The Morgan fingerprint density at radius 3 is 2.38 bits per heavy atom. The molecule has 0 aliphatic heterocycles. The van der Waals surface area contributed by atoms with E-state index < -0.39 is 10.0 Å². The Kier molecular flexibility index (Phi) is 11.2. The molecule has 0 fully saturated rings. The van der Waals surface area contributed by atoms with Gasteiger partial charge in [-0.25, -0.2) is 12.7 Å². The van der Waals surface area contributed by atoms with E-state index in [4.69, 9.17) is 0 Å². The average Bonchev–Trinajstić information content (AvgIpc) is 2.55. The number of rotatable bonds is 8. The van der Waals surface area contributed by atoms with Crippen molar-refractivity contribution in [2.45, 2.75) is 26.8 Å². The molecule has 1 aromatic carbocycles. The van der Waals surface area contributed by atoms with Crippen molar-refractivity contribution in [1.29, 1.82) is 0 Å². The summed E-state index contributed by atoms with van der Waals surface area (Å²) in [5, 5.41) is 6.44. The quantitative estimate of drug-likeness (QED) is 0.265. The summed E-state index contributed by atoms with van der Waals surface area (Å²) in [4.78, 5) is 4.16. The highest BCUT2D eigenvalue weighted by Gasteiger charge is 2.13. The van der Waals surface area contributed by atoms with Crippen molar-refractivity contribution < 1.29 is 8.42 Å². The van der Waals surface area contributed by atoms with E-state index in [0.717, 1.165) is 6.42 Å². The van der Waals surface area contributed by atoms with Gasteiger partial charge in [0.2, 0.25) is 10.0 Å². The van der Waals surface area contributed by atoms with E-state index in [1.54, 1.807) is 21.0 Å². The van der Waals surface area contributed by atoms with Gasteiger partial charge in [-0.1, -0.05) is 29.8 Å². The van der Waals surface area contributed by atoms with Gasteiger partial charge in [-0.05, 0) is 25.8 Å². The van der Waals surface area contributed by atoms with Crippen LogP contribution in [-0.4, -0.2) is 51.6 Å². The summed E-state index contributed by atoms with van der Waals surface area (Å²) >= 11 is 0. The van der Waals surface area contributed by atoms with Crippen molar-refractivity contribution in [1.82, 2.24) is 14.9 Å². The van der Waals surface area contributed by atoms with Gasteiger partial charge < -0.3 is 10.6 Å². The van der Waals surface area contributed by atoms with Gasteiger partial charge in [-0.2, -0.15) is 0 Å². The number of aryl methyl sites for hydroxylation is 1. The average molecular weight is 468 g/mol. The second kappa shape index (κ2) is 11.6. The van der Waals surface area contributed by atoms with Crippen LogP contribution in [0.5, 0.6) is 0 Å². The number of halogens is 1. The van der Waals surface area contributed by atoms with Crippen LogP contribution in [0.4, 0.5) is 0 Å². The van der Waals surface area contributed by atoms with Crippen LogP contribution in [0.15, 0.2) is 29.3 Å². The Morgan fingerprint density at radius 2 is 1.83 bits per heavy atom. The number of hydrogen-bond donors (Lipinski definition) is 2. The zero-order valence-corrected chi connectivity index (χ0v) is 18.0. The first-order chi connectivity index (χ1) is 10.9. The first-order valence-corrected chi connectivity index (χ1v) is 9.44. The third-order valence-electron chi connectivity index (χ3n) is 3.59. The van der Waals surface area contributed by atoms with Crippen LogP contribution in [0.3, 0.4) is 0 Å². The fourth-order valence-electron chi connectivity index (χ4n) is 1.98. The van der Waals surface area contributed by atoms with Gasteiger partial charge in [-0.15, -0.1) is 24.0 Å². The highest BCUT2D eigenvalue weighted by molar-refractivity contribution is 14.0. The highest BCUT2D eigenvalue weighted by Crippen LogP contribution is 2.02. The summed E-state index contributed by atoms with van der Waals surface area (Å²) in [6, 6.07) is 8.33. The Morgan fingerprint density at radius 1 is 1.21 bits per heavy atom. The van der Waals surface area contributed by atoms with Crippen LogP contribution >= 0.6 is 24.0 Å². The van der Waals surface area contributed by atoms with Crippen molar-refractivity contribution in [2.75, 3.05) is 32.9 Å². The number of hydrogen-bond acceptors (Lipinski definition) is 3. The molecule has 1 aromatic rings. The third-order valence-corrected chi connectivity index (χ3v) is 5.45. The third kappa shape index (κ3) is 8.29. The molecule has 0 radical (unpaired) electrons. The molecule has 0 aromatic heterocycles. The number of sulfonamides is 1. The van der Waals surface area contributed by atoms with Crippen LogP contribution < -0.4 is 10.6 Å². The Labute approximate surface area is 163 Å². The minimum absolute atomic E-state index is 0. The van der Waals surface area contributed by atoms with Crippen molar-refractivity contribution in [3.8, 4) is 0 Å². The fraction of sp³-hybridized carbons (Fsp3) is 0.562. The second-order valence-corrected chi connectivity index (χ2v) is 7.78. The molecule has 0 amide bonds. The maximum absolute atomic E-state index is 11.6. The number of guanidine groups is 1. The predicted octanol–water partition coefficient (Wildman–Crippen LogP) is 1.95. The van der Waals surface area contributed by atoms with Crippen LogP contribution in [0.25, 0.3) is 0 Å². The number of nitrogens with zero attached hydrogens (tertiary/aromatic N) is 2. The summed E-state index contributed by atoms with van der Waals surface area (Å²) in [7, 11) is 0.240. The summed E-state index contributed by atoms with van der Waals surface area (Å²) in [6.45, 7) is 5.58.